The number of ether oxygens (including phenoxy) is 2. The topological polar surface area (TPSA) is 35.5 Å². The molecule has 1 aliphatic carbocycles. The maximum atomic E-state index is 12.4. The van der Waals surface area contributed by atoms with E-state index in [0.717, 1.165) is 6.92 Å². The van der Waals surface area contributed by atoms with Gasteiger partial charge in [0.05, 0.1) is 18.6 Å². The van der Waals surface area contributed by atoms with Crippen LogP contribution < -0.4 is 0 Å². The smallest absolute Gasteiger partial charge is 0.414 e. The van der Waals surface area contributed by atoms with Gasteiger partial charge in [0.15, 0.2) is 6.10 Å². The highest BCUT2D eigenvalue weighted by Crippen LogP contribution is 2.36. The van der Waals surface area contributed by atoms with Gasteiger partial charge < -0.3 is 9.47 Å². The molecule has 0 radical (unpaired) electrons. The second-order valence-corrected chi connectivity index (χ2v) is 5.47. The zero-order valence-corrected chi connectivity index (χ0v) is 11.8. The zero-order valence-electron chi connectivity index (χ0n) is 10.2. The summed E-state index contributed by atoms with van der Waals surface area (Å²) in [6.45, 7) is 2.93. The Morgan fingerprint density at radius 1 is 1.44 bits per heavy atom. The molecule has 1 fully saturated rings. The molecule has 4 atom stereocenters. The molecule has 4 unspecified atom stereocenters. The van der Waals surface area contributed by atoms with Gasteiger partial charge in [0.25, 0.3) is 0 Å². The predicted octanol–water partition coefficient (Wildman–Crippen LogP) is 3.06. The lowest BCUT2D eigenvalue weighted by molar-refractivity contribution is -0.225. The van der Waals surface area contributed by atoms with E-state index in [4.69, 9.17) is 9.47 Å². The fourth-order valence-corrected chi connectivity index (χ4v) is 2.67. The van der Waals surface area contributed by atoms with Crippen molar-refractivity contribution < 1.29 is 27.4 Å². The summed E-state index contributed by atoms with van der Waals surface area (Å²) in [6.07, 6.45) is -6.13. The molecule has 1 rings (SSSR count). The zero-order chi connectivity index (χ0) is 13.9. The van der Waals surface area contributed by atoms with Crippen LogP contribution >= 0.6 is 15.9 Å². The molecule has 0 N–H and O–H groups in total. The lowest BCUT2D eigenvalue weighted by Crippen LogP contribution is -2.34. The summed E-state index contributed by atoms with van der Waals surface area (Å²) in [5, 5.41) is 0. The fraction of sp³-hybridized carbons (Fsp3) is 0.909. The third kappa shape index (κ3) is 4.12. The van der Waals surface area contributed by atoms with E-state index in [-0.39, 0.29) is 29.7 Å². The van der Waals surface area contributed by atoms with E-state index in [2.05, 4.69) is 15.9 Å². The van der Waals surface area contributed by atoms with Gasteiger partial charge in [-0.25, -0.2) is 0 Å². The van der Waals surface area contributed by atoms with Gasteiger partial charge in [-0.1, -0.05) is 15.9 Å². The lowest BCUT2D eigenvalue weighted by atomic mass is 10.1. The van der Waals surface area contributed by atoms with E-state index in [0.29, 0.717) is 6.42 Å². The van der Waals surface area contributed by atoms with Crippen molar-refractivity contribution in [2.75, 3.05) is 6.61 Å². The number of carbonyl (C=O) groups excluding carboxylic acids is 1. The third-order valence-corrected chi connectivity index (χ3v) is 3.85. The molecule has 0 amide bonds. The summed E-state index contributed by atoms with van der Waals surface area (Å²) in [6, 6.07) is 0. The molecule has 106 valence electrons. The van der Waals surface area contributed by atoms with Crippen LogP contribution in [0.15, 0.2) is 0 Å². The first-order chi connectivity index (χ1) is 8.25. The van der Waals surface area contributed by atoms with Crippen molar-refractivity contribution in [2.24, 2.45) is 5.92 Å². The van der Waals surface area contributed by atoms with Crippen molar-refractivity contribution in [2.45, 2.75) is 49.9 Å². The molecule has 0 aromatic heterocycles. The van der Waals surface area contributed by atoms with E-state index >= 15 is 0 Å². The molecule has 0 bridgehead atoms. The Hall–Kier alpha value is -0.300. The molecular formula is C11H16BrF3O3. The van der Waals surface area contributed by atoms with Crippen LogP contribution in [-0.4, -0.2) is 35.8 Å². The van der Waals surface area contributed by atoms with Gasteiger partial charge in [-0.3, -0.25) is 4.79 Å². The minimum absolute atomic E-state index is 0.253. The van der Waals surface area contributed by atoms with Crippen LogP contribution in [0.3, 0.4) is 0 Å². The maximum Gasteiger partial charge on any atom is 0.414 e. The quantitative estimate of drug-likeness (QED) is 0.586. The monoisotopic (exact) mass is 332 g/mol. The predicted molar refractivity (Wildman–Crippen MR) is 62.5 cm³/mol. The van der Waals surface area contributed by atoms with Gasteiger partial charge >= 0.3 is 12.1 Å². The fourth-order valence-electron chi connectivity index (χ4n) is 1.88. The first kappa shape index (κ1) is 15.8. The van der Waals surface area contributed by atoms with Gasteiger partial charge in [0.2, 0.25) is 0 Å². The molecule has 0 spiro atoms. The number of hydrogen-bond donors (Lipinski definition) is 0. The van der Waals surface area contributed by atoms with E-state index < -0.39 is 18.4 Å². The maximum absolute atomic E-state index is 12.4. The number of carbonyl (C=O) groups is 1. The largest absolute Gasteiger partial charge is 0.466 e. The Kier molecular flexibility index (Phi) is 5.46. The summed E-state index contributed by atoms with van der Waals surface area (Å²) in [5.74, 6) is -0.757. The van der Waals surface area contributed by atoms with Crippen molar-refractivity contribution in [3.8, 4) is 0 Å². The van der Waals surface area contributed by atoms with E-state index in [1.807, 2.05) is 0 Å². The molecule has 1 saturated carbocycles. The first-order valence-corrected chi connectivity index (χ1v) is 6.70. The van der Waals surface area contributed by atoms with Crippen molar-refractivity contribution in [3.63, 3.8) is 0 Å². The molecule has 7 heteroatoms. The van der Waals surface area contributed by atoms with Crippen molar-refractivity contribution >= 4 is 21.9 Å². The van der Waals surface area contributed by atoms with Crippen molar-refractivity contribution in [1.82, 2.24) is 0 Å². The third-order valence-electron chi connectivity index (χ3n) is 2.89. The van der Waals surface area contributed by atoms with Gasteiger partial charge in [-0.05, 0) is 26.7 Å². The lowest BCUT2D eigenvalue weighted by Gasteiger charge is -2.22. The average Bonchev–Trinajstić information content (AvgIpc) is 2.59. The summed E-state index contributed by atoms with van der Waals surface area (Å²) >= 11 is 3.26. The van der Waals surface area contributed by atoms with E-state index in [1.165, 1.54) is 0 Å². The summed E-state index contributed by atoms with van der Waals surface area (Å²) in [7, 11) is 0. The van der Waals surface area contributed by atoms with Gasteiger partial charge in [-0.15, -0.1) is 0 Å². The number of rotatable bonds is 4. The Labute approximate surface area is 112 Å². The van der Waals surface area contributed by atoms with Crippen LogP contribution in [-0.2, 0) is 14.3 Å². The Balaban J connectivity index is 2.52. The molecular weight excluding hydrogens is 317 g/mol. The average molecular weight is 333 g/mol. The number of halogens is 4. The Morgan fingerprint density at radius 3 is 2.56 bits per heavy atom. The minimum atomic E-state index is -4.38. The number of esters is 1. The molecule has 3 nitrogen and oxygen atoms in total. The molecule has 0 aliphatic heterocycles. The second kappa shape index (κ2) is 6.23. The molecule has 0 aromatic rings. The molecule has 0 heterocycles. The van der Waals surface area contributed by atoms with Crippen LogP contribution in [0.5, 0.6) is 0 Å². The highest BCUT2D eigenvalue weighted by molar-refractivity contribution is 9.09. The first-order valence-electron chi connectivity index (χ1n) is 5.78. The van der Waals surface area contributed by atoms with Gasteiger partial charge in [-0.2, -0.15) is 13.2 Å². The minimum Gasteiger partial charge on any atom is -0.466 e. The molecule has 18 heavy (non-hydrogen) atoms. The van der Waals surface area contributed by atoms with Crippen molar-refractivity contribution in [1.29, 1.82) is 0 Å². The van der Waals surface area contributed by atoms with Crippen LogP contribution in [0, 0.1) is 5.92 Å². The second-order valence-electron chi connectivity index (χ2n) is 4.29. The van der Waals surface area contributed by atoms with E-state index in [9.17, 15) is 18.0 Å². The SMILES string of the molecule is CCOC(=O)C1CC(Br)C(OC(C)C(F)(F)F)C1. The molecule has 0 aromatic carbocycles. The van der Waals surface area contributed by atoms with Crippen LogP contribution in [0.1, 0.15) is 26.7 Å². The molecule has 0 saturated heterocycles. The van der Waals surface area contributed by atoms with Crippen LogP contribution in [0.4, 0.5) is 13.2 Å². The Bertz CT molecular complexity index is 296. The van der Waals surface area contributed by atoms with Gasteiger partial charge in [0.1, 0.15) is 0 Å². The number of alkyl halides is 4. The summed E-state index contributed by atoms with van der Waals surface area (Å²) < 4.78 is 46.9. The van der Waals surface area contributed by atoms with Crippen LogP contribution in [0.2, 0.25) is 0 Å². The van der Waals surface area contributed by atoms with Crippen molar-refractivity contribution in [3.05, 3.63) is 0 Å². The summed E-state index contributed by atoms with van der Waals surface area (Å²) in [5.41, 5.74) is 0. The van der Waals surface area contributed by atoms with E-state index in [1.54, 1.807) is 6.92 Å². The highest BCUT2D eigenvalue weighted by Gasteiger charge is 2.44. The summed E-state index contributed by atoms with van der Waals surface area (Å²) in [4.78, 5) is 11.2. The highest BCUT2D eigenvalue weighted by atomic mass is 79.9. The number of hydrogen-bond acceptors (Lipinski definition) is 3. The normalized spacial score (nSPS) is 30.2. The standard InChI is InChI=1S/C11H16BrF3O3/c1-3-17-10(16)7-4-8(12)9(5-7)18-6(2)11(13,14)15/h6-9H,3-5H2,1-2H3. The van der Waals surface area contributed by atoms with Gasteiger partial charge in [0, 0.05) is 4.83 Å². The molecule has 1 aliphatic rings. The Morgan fingerprint density at radius 2 is 2.06 bits per heavy atom. The van der Waals surface area contributed by atoms with Crippen LogP contribution in [0.25, 0.3) is 0 Å².